The molecule has 0 amide bonds. The Bertz CT molecular complexity index is 1380. The van der Waals surface area contributed by atoms with Gasteiger partial charge in [-0.15, -0.1) is 0 Å². The van der Waals surface area contributed by atoms with E-state index < -0.39 is 71.1 Å². The summed E-state index contributed by atoms with van der Waals surface area (Å²) >= 11 is 0. The lowest BCUT2D eigenvalue weighted by Gasteiger charge is -2.70. The molecule has 264 valence electrons. The Balaban J connectivity index is 1.32. The number of aliphatic carboxylic acids is 2. The molecule has 0 spiro atoms. The maximum absolute atomic E-state index is 14.6. The van der Waals surface area contributed by atoms with Crippen LogP contribution in [0, 0.1) is 50.2 Å². The van der Waals surface area contributed by atoms with E-state index in [1.165, 1.54) is 0 Å². The van der Waals surface area contributed by atoms with Gasteiger partial charge in [0, 0.05) is 5.92 Å². The summed E-state index contributed by atoms with van der Waals surface area (Å²) in [5.41, 5.74) is -2.14. The van der Waals surface area contributed by atoms with E-state index >= 15 is 0 Å². The molecule has 0 aromatic heterocycles. The van der Waals surface area contributed by atoms with Crippen LogP contribution in [0.4, 0.5) is 0 Å². The Kier molecular flexibility index (Phi) is 8.03. The van der Waals surface area contributed by atoms with Gasteiger partial charge in [-0.05, 0) is 103 Å². The number of carbonyl (C=O) groups is 3. The van der Waals surface area contributed by atoms with Crippen molar-refractivity contribution in [2.75, 3.05) is 0 Å². The van der Waals surface area contributed by atoms with Crippen LogP contribution in [0.25, 0.3) is 0 Å². The van der Waals surface area contributed by atoms with Crippen LogP contribution < -0.4 is 0 Å². The van der Waals surface area contributed by atoms with Gasteiger partial charge in [-0.3, -0.25) is 9.59 Å². The highest BCUT2D eigenvalue weighted by molar-refractivity contribution is 5.95. The minimum Gasteiger partial charge on any atom is -0.481 e. The molecular weight excluding hydrogens is 608 g/mol. The van der Waals surface area contributed by atoms with Crippen LogP contribution in [0.2, 0.25) is 0 Å². The van der Waals surface area contributed by atoms with E-state index in [0.29, 0.717) is 25.7 Å². The number of allylic oxidation sites excluding steroid dienone is 2. The number of hydrogen-bond donors (Lipinski definition) is 6. The smallest absolute Gasteiger partial charge is 0.335 e. The first-order valence-electron chi connectivity index (χ1n) is 17.3. The molecule has 6 N–H and O–H groups in total. The van der Waals surface area contributed by atoms with E-state index in [9.17, 15) is 45.0 Å². The van der Waals surface area contributed by atoms with E-state index in [1.807, 2.05) is 6.08 Å². The number of carboxylic acid groups (broad SMARTS) is 2. The Morgan fingerprint density at radius 3 is 2.13 bits per heavy atom. The molecule has 1 saturated heterocycles. The van der Waals surface area contributed by atoms with Crippen molar-refractivity contribution in [3.8, 4) is 0 Å². The molecule has 11 heteroatoms. The second kappa shape index (κ2) is 10.8. The van der Waals surface area contributed by atoms with Gasteiger partial charge in [0.05, 0.1) is 17.6 Å². The number of hydrogen-bond acceptors (Lipinski definition) is 9. The minimum atomic E-state index is -1.80. The van der Waals surface area contributed by atoms with Gasteiger partial charge in [0.2, 0.25) is 0 Å². The molecule has 0 bridgehead atoms. The second-order valence-electron chi connectivity index (χ2n) is 17.9. The Labute approximate surface area is 276 Å². The van der Waals surface area contributed by atoms with E-state index in [4.69, 9.17) is 9.47 Å². The highest BCUT2D eigenvalue weighted by Crippen LogP contribution is 2.75. The van der Waals surface area contributed by atoms with Crippen molar-refractivity contribution in [3.63, 3.8) is 0 Å². The molecule has 11 nitrogen and oxygen atoms in total. The summed E-state index contributed by atoms with van der Waals surface area (Å²) in [5, 5.41) is 61.9. The van der Waals surface area contributed by atoms with Crippen LogP contribution in [-0.2, 0) is 23.9 Å². The van der Waals surface area contributed by atoms with Crippen molar-refractivity contribution in [1.29, 1.82) is 0 Å². The third kappa shape index (κ3) is 4.62. The second-order valence-corrected chi connectivity index (χ2v) is 17.9. The molecular formula is C36H54O11. The summed E-state index contributed by atoms with van der Waals surface area (Å²) < 4.78 is 11.8. The molecule has 47 heavy (non-hydrogen) atoms. The van der Waals surface area contributed by atoms with Crippen LogP contribution in [0.1, 0.15) is 99.8 Å². The van der Waals surface area contributed by atoms with Crippen molar-refractivity contribution in [2.24, 2.45) is 50.2 Å². The quantitative estimate of drug-likeness (QED) is 0.242. The van der Waals surface area contributed by atoms with Crippen LogP contribution >= 0.6 is 0 Å². The van der Waals surface area contributed by atoms with Crippen LogP contribution in [0.5, 0.6) is 0 Å². The van der Waals surface area contributed by atoms with Crippen molar-refractivity contribution < 1.29 is 54.5 Å². The summed E-state index contributed by atoms with van der Waals surface area (Å²) in [7, 11) is 0. The number of fused-ring (bicyclic) bond motifs is 7. The molecule has 0 aromatic rings. The number of aliphatic hydroxyl groups excluding tert-OH is 4. The average molecular weight is 663 g/mol. The first kappa shape index (κ1) is 35.0. The molecule has 1 aliphatic heterocycles. The van der Waals surface area contributed by atoms with Gasteiger partial charge in [-0.25, -0.2) is 4.79 Å². The maximum atomic E-state index is 14.6. The average Bonchev–Trinajstić information content (AvgIpc) is 2.96. The molecule has 5 aliphatic carbocycles. The van der Waals surface area contributed by atoms with E-state index in [1.54, 1.807) is 6.92 Å². The van der Waals surface area contributed by atoms with Crippen LogP contribution in [0.15, 0.2) is 11.6 Å². The largest absolute Gasteiger partial charge is 0.481 e. The summed E-state index contributed by atoms with van der Waals surface area (Å²) in [4.78, 5) is 38.8. The number of carbonyl (C=O) groups excluding carboxylic acids is 1. The van der Waals surface area contributed by atoms with Gasteiger partial charge in [0.1, 0.15) is 18.3 Å². The molecule has 1 heterocycles. The number of rotatable bonds is 4. The predicted molar refractivity (Wildman–Crippen MR) is 168 cm³/mol. The lowest BCUT2D eigenvalue weighted by molar-refractivity contribution is -0.323. The lowest BCUT2D eigenvalue weighted by atomic mass is 9.33. The van der Waals surface area contributed by atoms with Crippen molar-refractivity contribution >= 4 is 17.7 Å². The fourth-order valence-electron chi connectivity index (χ4n) is 12.0. The zero-order valence-electron chi connectivity index (χ0n) is 28.7. The predicted octanol–water partition coefficient (Wildman–Crippen LogP) is 3.30. The molecule has 6 aliphatic rings. The van der Waals surface area contributed by atoms with Gasteiger partial charge < -0.3 is 40.1 Å². The maximum Gasteiger partial charge on any atom is 0.335 e. The summed E-state index contributed by atoms with van der Waals surface area (Å²) in [6.07, 6.45) is -2.78. The van der Waals surface area contributed by atoms with E-state index in [0.717, 1.165) is 31.3 Å². The van der Waals surface area contributed by atoms with Crippen LogP contribution in [-0.4, -0.2) is 91.3 Å². The van der Waals surface area contributed by atoms with Crippen molar-refractivity contribution in [1.82, 2.24) is 0 Å². The molecule has 4 saturated carbocycles. The Morgan fingerprint density at radius 2 is 1.51 bits per heavy atom. The summed E-state index contributed by atoms with van der Waals surface area (Å²) in [6.45, 7) is 14.7. The zero-order chi connectivity index (χ0) is 34.9. The normalized spacial score (nSPS) is 53.9. The summed E-state index contributed by atoms with van der Waals surface area (Å²) in [6, 6.07) is 0. The van der Waals surface area contributed by atoms with Gasteiger partial charge in [-0.1, -0.05) is 47.1 Å². The fourth-order valence-corrected chi connectivity index (χ4v) is 12.0. The summed E-state index contributed by atoms with van der Waals surface area (Å²) in [5.74, 6) is -2.75. The van der Waals surface area contributed by atoms with Gasteiger partial charge in [-0.2, -0.15) is 0 Å². The molecule has 0 radical (unpaired) electrons. The number of aliphatic hydroxyl groups is 4. The molecule has 0 unspecified atom stereocenters. The molecule has 5 fully saturated rings. The highest BCUT2D eigenvalue weighted by Gasteiger charge is 2.71. The first-order valence-corrected chi connectivity index (χ1v) is 17.3. The molecule has 6 rings (SSSR count). The van der Waals surface area contributed by atoms with Crippen molar-refractivity contribution in [2.45, 2.75) is 143 Å². The SMILES string of the molecule is CC1(C)[C@@H](O[C@@H]2O[C@H](C(=O)O)[C@@H](O)[C@H](O)[C@H]2O)CC[C@]2(C)[C@H]3C(=O)C=C4[C@@H]5C[C@@](C)(C(=O)O)[C@@H](O)C[C@]5(C)CC[C@@]4(C)[C@]3(C)CC[C@@H]12. The Morgan fingerprint density at radius 1 is 0.851 bits per heavy atom. The third-order valence-corrected chi connectivity index (χ3v) is 15.2. The number of ether oxygens (including phenoxy) is 2. The Hall–Kier alpha value is -1.89. The van der Waals surface area contributed by atoms with Gasteiger partial charge in [0.15, 0.2) is 18.2 Å². The molecule has 0 aromatic carbocycles. The third-order valence-electron chi connectivity index (χ3n) is 15.2. The van der Waals surface area contributed by atoms with E-state index in [2.05, 4.69) is 41.5 Å². The number of carboxylic acids is 2. The zero-order valence-corrected chi connectivity index (χ0v) is 28.7. The highest BCUT2D eigenvalue weighted by atomic mass is 16.7. The molecule has 15 atom stereocenters. The van der Waals surface area contributed by atoms with Crippen molar-refractivity contribution in [3.05, 3.63) is 11.6 Å². The monoisotopic (exact) mass is 662 g/mol. The standard InChI is InChI=1S/C36H54O11/c1-31(2)20-8-11-36(7)27(33(20,4)10-9-22(31)46-29-25(41)23(39)24(40)26(47-29)28(42)43)19(37)14-17-18-15-34(5,30(44)45)21(38)16-32(18,3)12-13-35(17,36)6/h14,18,20-27,29,38-41H,8-13,15-16H2,1-7H3,(H,42,43)(H,44,45)/t18-,20-,21-,22-,23-,24-,25+,26-,27+,29+,32-,33-,34+,35+,36+/m0/s1. The lowest BCUT2D eigenvalue weighted by Crippen LogP contribution is -2.67. The van der Waals surface area contributed by atoms with E-state index in [-0.39, 0.29) is 39.8 Å². The number of ketones is 1. The van der Waals surface area contributed by atoms with Gasteiger partial charge in [0.25, 0.3) is 0 Å². The van der Waals surface area contributed by atoms with Gasteiger partial charge >= 0.3 is 11.9 Å². The first-order chi connectivity index (χ1) is 21.6. The fraction of sp³-hybridized carbons (Fsp3) is 0.861. The minimum absolute atomic E-state index is 0.0369. The van der Waals surface area contributed by atoms with Crippen LogP contribution in [0.3, 0.4) is 0 Å². The topological polar surface area (TPSA) is 191 Å².